The summed E-state index contributed by atoms with van der Waals surface area (Å²) in [6.45, 7) is 5.42. The molecule has 1 aromatic rings. The van der Waals surface area contributed by atoms with Crippen LogP contribution in [0.3, 0.4) is 0 Å². The minimum absolute atomic E-state index is 0.750. The van der Waals surface area contributed by atoms with E-state index in [0.717, 1.165) is 19.0 Å². The Balaban J connectivity index is 1.71. The fourth-order valence-corrected chi connectivity index (χ4v) is 3.76. The molecule has 0 amide bonds. The van der Waals surface area contributed by atoms with Crippen molar-refractivity contribution in [2.75, 3.05) is 18.1 Å². The molecule has 2 rings (SSSR count). The molecule has 18 heavy (non-hydrogen) atoms. The molecule has 0 radical (unpaired) electrons. The van der Waals surface area contributed by atoms with Crippen LogP contribution >= 0.6 is 11.8 Å². The summed E-state index contributed by atoms with van der Waals surface area (Å²) in [5, 5.41) is 8.16. The summed E-state index contributed by atoms with van der Waals surface area (Å²) >= 11 is 2.09. The largest absolute Gasteiger partial charge is 0.313 e. The zero-order valence-corrected chi connectivity index (χ0v) is 12.6. The summed E-state index contributed by atoms with van der Waals surface area (Å²) in [4.78, 5) is 0. The highest BCUT2D eigenvalue weighted by Crippen LogP contribution is 2.17. The first-order valence-corrected chi connectivity index (χ1v) is 8.14. The van der Waals surface area contributed by atoms with Crippen LogP contribution in [0.1, 0.15) is 36.2 Å². The van der Waals surface area contributed by atoms with E-state index in [1.807, 2.05) is 11.7 Å². The maximum absolute atomic E-state index is 4.47. The molecule has 3 nitrogen and oxygen atoms in total. The van der Waals surface area contributed by atoms with Crippen LogP contribution in [0, 0.1) is 13.8 Å². The molecule has 102 valence electrons. The van der Waals surface area contributed by atoms with E-state index >= 15 is 0 Å². The lowest BCUT2D eigenvalue weighted by Crippen LogP contribution is -2.34. The fraction of sp³-hybridized carbons (Fsp3) is 0.786. The molecule has 0 saturated carbocycles. The van der Waals surface area contributed by atoms with E-state index in [4.69, 9.17) is 0 Å². The van der Waals surface area contributed by atoms with Gasteiger partial charge in [-0.15, -0.1) is 0 Å². The first-order chi connectivity index (χ1) is 8.68. The molecule has 1 aromatic heterocycles. The van der Waals surface area contributed by atoms with Gasteiger partial charge in [0.25, 0.3) is 0 Å². The van der Waals surface area contributed by atoms with Gasteiger partial charge in [-0.05, 0) is 57.4 Å². The smallest absolute Gasteiger partial charge is 0.0628 e. The quantitative estimate of drug-likeness (QED) is 0.831. The zero-order chi connectivity index (χ0) is 13.0. The van der Waals surface area contributed by atoms with Gasteiger partial charge in [-0.3, -0.25) is 4.68 Å². The maximum atomic E-state index is 4.47. The van der Waals surface area contributed by atoms with Gasteiger partial charge < -0.3 is 5.32 Å². The molecule has 2 heterocycles. The Morgan fingerprint density at radius 2 is 2.28 bits per heavy atom. The average molecular weight is 267 g/mol. The van der Waals surface area contributed by atoms with Crippen molar-refractivity contribution >= 4 is 11.8 Å². The number of aryl methyl sites for hydroxylation is 2. The number of rotatable bonds is 5. The van der Waals surface area contributed by atoms with Crippen molar-refractivity contribution in [1.82, 2.24) is 15.1 Å². The Morgan fingerprint density at radius 1 is 1.44 bits per heavy atom. The molecule has 0 bridgehead atoms. The summed E-state index contributed by atoms with van der Waals surface area (Å²) in [7, 11) is 2.03. The molecule has 1 aliphatic rings. The van der Waals surface area contributed by atoms with E-state index in [9.17, 15) is 0 Å². The van der Waals surface area contributed by atoms with Gasteiger partial charge in [-0.25, -0.2) is 0 Å². The van der Waals surface area contributed by atoms with Gasteiger partial charge in [0.05, 0.1) is 5.69 Å². The van der Waals surface area contributed by atoms with Gasteiger partial charge in [-0.2, -0.15) is 16.9 Å². The molecule has 1 aliphatic heterocycles. The van der Waals surface area contributed by atoms with Gasteiger partial charge in [-0.1, -0.05) is 0 Å². The molecule has 1 saturated heterocycles. The second kappa shape index (κ2) is 6.62. The van der Waals surface area contributed by atoms with E-state index < -0.39 is 0 Å². The Labute approximate surface area is 115 Å². The molecule has 0 unspecified atom stereocenters. The number of hydrogen-bond acceptors (Lipinski definition) is 3. The van der Waals surface area contributed by atoms with Crippen LogP contribution in [0.2, 0.25) is 0 Å². The third-order valence-electron chi connectivity index (χ3n) is 3.86. The summed E-state index contributed by atoms with van der Waals surface area (Å²) in [6.07, 6.45) is 5.11. The van der Waals surface area contributed by atoms with Crippen molar-refractivity contribution in [1.29, 1.82) is 0 Å². The normalized spacial score (nSPS) is 20.3. The summed E-state index contributed by atoms with van der Waals surface area (Å²) < 4.78 is 2.00. The Morgan fingerprint density at radius 3 is 2.89 bits per heavy atom. The molecule has 0 aromatic carbocycles. The van der Waals surface area contributed by atoms with Crippen LogP contribution in [-0.4, -0.2) is 33.9 Å². The van der Waals surface area contributed by atoms with Gasteiger partial charge in [0.1, 0.15) is 0 Å². The Kier molecular flexibility index (Phi) is 5.13. The second-order valence-corrected chi connectivity index (χ2v) is 6.39. The highest BCUT2D eigenvalue weighted by Gasteiger charge is 2.13. The number of thioether (sulfide) groups is 1. The second-order valence-electron chi connectivity index (χ2n) is 5.24. The van der Waals surface area contributed by atoms with Crippen molar-refractivity contribution in [3.63, 3.8) is 0 Å². The monoisotopic (exact) mass is 267 g/mol. The molecular weight excluding hydrogens is 242 g/mol. The van der Waals surface area contributed by atoms with E-state index in [1.54, 1.807) is 0 Å². The van der Waals surface area contributed by atoms with Gasteiger partial charge in [0.15, 0.2) is 0 Å². The van der Waals surface area contributed by atoms with Gasteiger partial charge in [0, 0.05) is 24.5 Å². The SMILES string of the molecule is Cc1nn(C)c(C)c1CCCN[C@@H]1CCCSC1. The maximum Gasteiger partial charge on any atom is 0.0628 e. The molecule has 0 aliphatic carbocycles. The van der Waals surface area contributed by atoms with Gasteiger partial charge in [0.2, 0.25) is 0 Å². The van der Waals surface area contributed by atoms with Crippen LogP contribution in [0.5, 0.6) is 0 Å². The molecule has 1 fully saturated rings. The van der Waals surface area contributed by atoms with Gasteiger partial charge >= 0.3 is 0 Å². The van der Waals surface area contributed by atoms with Crippen molar-refractivity contribution in [2.45, 2.75) is 45.6 Å². The molecular formula is C14H25N3S. The van der Waals surface area contributed by atoms with E-state index in [2.05, 4.69) is 36.0 Å². The third kappa shape index (κ3) is 3.51. The molecule has 1 atom stereocenters. The first-order valence-electron chi connectivity index (χ1n) is 6.98. The van der Waals surface area contributed by atoms with E-state index in [0.29, 0.717) is 0 Å². The third-order valence-corrected chi connectivity index (χ3v) is 5.07. The van der Waals surface area contributed by atoms with E-state index in [-0.39, 0.29) is 0 Å². The highest BCUT2D eigenvalue weighted by atomic mass is 32.2. The standard InChI is InChI=1S/C14H25N3S/c1-11-14(12(2)17(3)16-11)7-4-8-15-13-6-5-9-18-10-13/h13,15H,4-10H2,1-3H3/t13-/m1/s1. The summed E-state index contributed by atoms with van der Waals surface area (Å²) in [5.41, 5.74) is 3.96. The van der Waals surface area contributed by atoms with Crippen LogP contribution in [0.4, 0.5) is 0 Å². The Bertz CT molecular complexity index is 381. The first kappa shape index (κ1) is 13.9. The number of nitrogens with one attached hydrogen (secondary N) is 1. The molecule has 1 N–H and O–H groups in total. The average Bonchev–Trinajstić information content (AvgIpc) is 2.61. The Hall–Kier alpha value is -0.480. The zero-order valence-electron chi connectivity index (χ0n) is 11.8. The number of aromatic nitrogens is 2. The lowest BCUT2D eigenvalue weighted by Gasteiger charge is -2.22. The fourth-order valence-electron chi connectivity index (χ4n) is 2.65. The van der Waals surface area contributed by atoms with Crippen molar-refractivity contribution in [3.05, 3.63) is 17.0 Å². The van der Waals surface area contributed by atoms with Crippen molar-refractivity contribution in [2.24, 2.45) is 7.05 Å². The lowest BCUT2D eigenvalue weighted by molar-refractivity contribution is 0.500. The minimum atomic E-state index is 0.750. The number of nitrogens with zero attached hydrogens (tertiary/aromatic N) is 2. The predicted octanol–water partition coefficient (Wildman–Crippen LogP) is 2.45. The summed E-state index contributed by atoms with van der Waals surface area (Å²) in [5.74, 6) is 2.65. The lowest BCUT2D eigenvalue weighted by atomic mass is 10.1. The predicted molar refractivity (Wildman–Crippen MR) is 79.4 cm³/mol. The van der Waals surface area contributed by atoms with Crippen molar-refractivity contribution < 1.29 is 0 Å². The van der Waals surface area contributed by atoms with Crippen LogP contribution in [-0.2, 0) is 13.5 Å². The van der Waals surface area contributed by atoms with Crippen LogP contribution in [0.15, 0.2) is 0 Å². The summed E-state index contributed by atoms with van der Waals surface area (Å²) in [6, 6.07) is 0.750. The van der Waals surface area contributed by atoms with Crippen LogP contribution < -0.4 is 5.32 Å². The minimum Gasteiger partial charge on any atom is -0.313 e. The van der Waals surface area contributed by atoms with E-state index in [1.165, 1.54) is 47.7 Å². The highest BCUT2D eigenvalue weighted by molar-refractivity contribution is 7.99. The molecule has 4 heteroatoms. The van der Waals surface area contributed by atoms with Crippen LogP contribution in [0.25, 0.3) is 0 Å². The molecule has 0 spiro atoms. The van der Waals surface area contributed by atoms with Crippen molar-refractivity contribution in [3.8, 4) is 0 Å². The topological polar surface area (TPSA) is 29.9 Å². The number of hydrogen-bond donors (Lipinski definition) is 1.